The first kappa shape index (κ1) is 10.5. The van der Waals surface area contributed by atoms with E-state index in [9.17, 15) is 4.79 Å². The van der Waals surface area contributed by atoms with E-state index in [0.717, 1.165) is 28.8 Å². The summed E-state index contributed by atoms with van der Waals surface area (Å²) in [4.78, 5) is 22.5. The number of isocyanates is 1. The Morgan fingerprint density at radius 3 is 3.00 bits per heavy atom. The molecule has 78 valence electrons. The molecule has 0 saturated heterocycles. The Kier molecular flexibility index (Phi) is 2.93. The van der Waals surface area contributed by atoms with Gasteiger partial charge in [0.1, 0.15) is 11.9 Å². The lowest BCUT2D eigenvalue weighted by Crippen LogP contribution is -2.01. The Labute approximate surface area is 96.0 Å². The summed E-state index contributed by atoms with van der Waals surface area (Å²) in [5, 5.41) is 0. The molecular weight excluding hydrogens is 258 g/mol. The second-order valence-corrected chi connectivity index (χ2v) is 4.49. The van der Waals surface area contributed by atoms with Gasteiger partial charge in [-0.15, -0.1) is 0 Å². The van der Waals surface area contributed by atoms with Crippen molar-refractivity contribution in [2.75, 3.05) is 0 Å². The molecule has 1 aliphatic rings. The first-order valence-electron chi connectivity index (χ1n) is 4.81. The molecule has 1 aliphatic carbocycles. The minimum Gasteiger partial charge on any atom is -0.240 e. The van der Waals surface area contributed by atoms with Gasteiger partial charge in [0, 0.05) is 12.1 Å². The normalized spacial score (nSPS) is 16.9. The van der Waals surface area contributed by atoms with Crippen LogP contribution in [-0.4, -0.2) is 16.0 Å². The SMILES string of the molecule is CC(N=C=O)c1nc(C2CC2)ncc1Br. The molecule has 0 radical (unpaired) electrons. The Morgan fingerprint density at radius 1 is 1.67 bits per heavy atom. The van der Waals surface area contributed by atoms with Gasteiger partial charge < -0.3 is 0 Å². The van der Waals surface area contributed by atoms with E-state index >= 15 is 0 Å². The van der Waals surface area contributed by atoms with Crippen molar-refractivity contribution in [2.45, 2.75) is 31.7 Å². The van der Waals surface area contributed by atoms with Crippen molar-refractivity contribution in [1.29, 1.82) is 0 Å². The number of carbonyl (C=O) groups excluding carboxylic acids is 1. The molecule has 0 spiro atoms. The Bertz CT molecular complexity index is 425. The highest BCUT2D eigenvalue weighted by Gasteiger charge is 2.27. The van der Waals surface area contributed by atoms with Gasteiger partial charge >= 0.3 is 0 Å². The predicted octanol–water partition coefficient (Wildman–Crippen LogP) is 2.51. The number of hydrogen-bond donors (Lipinski definition) is 0. The van der Waals surface area contributed by atoms with E-state index in [2.05, 4.69) is 30.9 Å². The maximum absolute atomic E-state index is 10.2. The Hall–Kier alpha value is -1.06. The molecule has 4 nitrogen and oxygen atoms in total. The Morgan fingerprint density at radius 2 is 2.40 bits per heavy atom. The zero-order valence-corrected chi connectivity index (χ0v) is 9.86. The number of nitrogens with zero attached hydrogens (tertiary/aromatic N) is 3. The molecule has 1 unspecified atom stereocenters. The smallest absolute Gasteiger partial charge is 0.235 e. The number of aliphatic imine (C=N–C) groups is 1. The topological polar surface area (TPSA) is 55.2 Å². The van der Waals surface area contributed by atoms with Crippen LogP contribution in [0.2, 0.25) is 0 Å². The van der Waals surface area contributed by atoms with Gasteiger partial charge in [-0.25, -0.2) is 14.8 Å². The fraction of sp³-hybridized carbons (Fsp3) is 0.500. The van der Waals surface area contributed by atoms with Crippen LogP contribution >= 0.6 is 15.9 Å². The monoisotopic (exact) mass is 267 g/mol. The van der Waals surface area contributed by atoms with Crippen LogP contribution in [-0.2, 0) is 4.79 Å². The predicted molar refractivity (Wildman–Crippen MR) is 58.2 cm³/mol. The van der Waals surface area contributed by atoms with Crippen LogP contribution in [0.15, 0.2) is 15.7 Å². The van der Waals surface area contributed by atoms with Crippen LogP contribution in [0.25, 0.3) is 0 Å². The van der Waals surface area contributed by atoms with E-state index in [1.807, 2.05) is 6.92 Å². The molecule has 1 atom stereocenters. The zero-order chi connectivity index (χ0) is 10.8. The molecule has 0 aromatic carbocycles. The standard InChI is InChI=1S/C10H10BrN3O/c1-6(13-5-15)9-8(11)4-12-10(14-9)7-2-3-7/h4,6-7H,2-3H2,1H3. The van der Waals surface area contributed by atoms with Crippen molar-refractivity contribution in [2.24, 2.45) is 4.99 Å². The largest absolute Gasteiger partial charge is 0.240 e. The molecule has 5 heteroatoms. The number of rotatable bonds is 3. The van der Waals surface area contributed by atoms with Crippen LogP contribution in [0.4, 0.5) is 0 Å². The fourth-order valence-electron chi connectivity index (χ4n) is 1.37. The number of halogens is 1. The van der Waals surface area contributed by atoms with Crippen LogP contribution < -0.4 is 0 Å². The molecule has 0 amide bonds. The van der Waals surface area contributed by atoms with E-state index in [-0.39, 0.29) is 6.04 Å². The van der Waals surface area contributed by atoms with E-state index in [0.29, 0.717) is 5.92 Å². The number of hydrogen-bond acceptors (Lipinski definition) is 4. The summed E-state index contributed by atoms with van der Waals surface area (Å²) in [6, 6.07) is -0.266. The van der Waals surface area contributed by atoms with Crippen molar-refractivity contribution >= 4 is 22.0 Å². The molecule has 1 saturated carbocycles. The molecular formula is C10H10BrN3O. The van der Waals surface area contributed by atoms with Crippen molar-refractivity contribution in [3.63, 3.8) is 0 Å². The molecule has 0 bridgehead atoms. The molecule has 1 fully saturated rings. The summed E-state index contributed by atoms with van der Waals surface area (Å²) in [5.74, 6) is 1.37. The minimum atomic E-state index is -0.266. The average molecular weight is 268 g/mol. The summed E-state index contributed by atoms with van der Waals surface area (Å²) >= 11 is 3.36. The fourth-order valence-corrected chi connectivity index (χ4v) is 1.89. The van der Waals surface area contributed by atoms with E-state index < -0.39 is 0 Å². The highest BCUT2D eigenvalue weighted by molar-refractivity contribution is 9.10. The molecule has 2 rings (SSSR count). The highest BCUT2D eigenvalue weighted by atomic mass is 79.9. The van der Waals surface area contributed by atoms with E-state index in [1.54, 1.807) is 12.3 Å². The van der Waals surface area contributed by atoms with Gasteiger partial charge in [0.15, 0.2) is 0 Å². The average Bonchev–Trinajstić information content (AvgIpc) is 3.02. The van der Waals surface area contributed by atoms with Crippen molar-refractivity contribution in [3.8, 4) is 0 Å². The second kappa shape index (κ2) is 4.21. The quantitative estimate of drug-likeness (QED) is 0.625. The van der Waals surface area contributed by atoms with Crippen LogP contribution in [0.1, 0.15) is 43.2 Å². The van der Waals surface area contributed by atoms with Crippen LogP contribution in [0, 0.1) is 0 Å². The first-order chi connectivity index (χ1) is 7.22. The van der Waals surface area contributed by atoms with Gasteiger partial charge in [-0.3, -0.25) is 0 Å². The maximum atomic E-state index is 10.2. The van der Waals surface area contributed by atoms with Crippen molar-refractivity contribution in [3.05, 3.63) is 22.2 Å². The molecule has 1 heterocycles. The van der Waals surface area contributed by atoms with Gasteiger partial charge in [0.2, 0.25) is 6.08 Å². The molecule has 1 aromatic heterocycles. The first-order valence-corrected chi connectivity index (χ1v) is 5.61. The van der Waals surface area contributed by atoms with E-state index in [1.165, 1.54) is 0 Å². The zero-order valence-electron chi connectivity index (χ0n) is 8.27. The third-order valence-electron chi connectivity index (χ3n) is 2.37. The summed E-state index contributed by atoms with van der Waals surface area (Å²) in [5.41, 5.74) is 0.759. The minimum absolute atomic E-state index is 0.266. The lowest BCUT2D eigenvalue weighted by molar-refractivity contribution is 0.558. The van der Waals surface area contributed by atoms with Gasteiger partial charge in [0.25, 0.3) is 0 Å². The van der Waals surface area contributed by atoms with E-state index in [4.69, 9.17) is 0 Å². The third kappa shape index (κ3) is 2.30. The summed E-state index contributed by atoms with van der Waals surface area (Å²) < 4.78 is 0.790. The summed E-state index contributed by atoms with van der Waals surface area (Å²) in [6.07, 6.45) is 5.60. The van der Waals surface area contributed by atoms with Crippen molar-refractivity contribution < 1.29 is 4.79 Å². The molecule has 0 N–H and O–H groups in total. The van der Waals surface area contributed by atoms with Crippen LogP contribution in [0.5, 0.6) is 0 Å². The van der Waals surface area contributed by atoms with Gasteiger partial charge in [-0.2, -0.15) is 4.99 Å². The van der Waals surface area contributed by atoms with Gasteiger partial charge in [0.05, 0.1) is 10.2 Å². The Balaban J connectivity index is 2.35. The summed E-state index contributed by atoms with van der Waals surface area (Å²) in [6.45, 7) is 1.81. The van der Waals surface area contributed by atoms with Gasteiger partial charge in [-0.1, -0.05) is 0 Å². The lowest BCUT2D eigenvalue weighted by Gasteiger charge is -2.07. The summed E-state index contributed by atoms with van der Waals surface area (Å²) in [7, 11) is 0. The number of aromatic nitrogens is 2. The highest BCUT2D eigenvalue weighted by Crippen LogP contribution is 2.38. The molecule has 15 heavy (non-hydrogen) atoms. The van der Waals surface area contributed by atoms with Gasteiger partial charge in [-0.05, 0) is 35.7 Å². The molecule has 0 aliphatic heterocycles. The van der Waals surface area contributed by atoms with Crippen molar-refractivity contribution in [1.82, 2.24) is 9.97 Å². The maximum Gasteiger partial charge on any atom is 0.235 e. The second-order valence-electron chi connectivity index (χ2n) is 3.63. The lowest BCUT2D eigenvalue weighted by atomic mass is 10.2. The third-order valence-corrected chi connectivity index (χ3v) is 2.99. The molecule has 1 aromatic rings. The van der Waals surface area contributed by atoms with Crippen LogP contribution in [0.3, 0.4) is 0 Å².